The van der Waals surface area contributed by atoms with Crippen molar-refractivity contribution in [1.29, 1.82) is 0 Å². The maximum absolute atomic E-state index is 5.54. The van der Waals surface area contributed by atoms with Crippen molar-refractivity contribution in [3.8, 4) is 0 Å². The van der Waals surface area contributed by atoms with E-state index in [4.69, 9.17) is 9.47 Å². The van der Waals surface area contributed by atoms with Gasteiger partial charge >= 0.3 is 0 Å². The third kappa shape index (κ3) is 11.2. The Morgan fingerprint density at radius 2 is 0.952 bits per heavy atom. The number of methoxy groups -OCH3 is 2. The molecule has 128 valence electrons. The van der Waals surface area contributed by atoms with E-state index >= 15 is 0 Å². The van der Waals surface area contributed by atoms with Gasteiger partial charge in [0, 0.05) is 19.6 Å². The summed E-state index contributed by atoms with van der Waals surface area (Å²) in [7, 11) is 3.66. The molecule has 0 bridgehead atoms. The zero-order valence-electron chi connectivity index (χ0n) is 15.2. The van der Waals surface area contributed by atoms with Gasteiger partial charge in [-0.15, -0.1) is 0 Å². The summed E-state index contributed by atoms with van der Waals surface area (Å²) < 4.78 is 11.1. The van der Waals surface area contributed by atoms with Crippen LogP contribution in [0.2, 0.25) is 0 Å². The fourth-order valence-corrected chi connectivity index (χ4v) is 3.27. The van der Waals surface area contributed by atoms with Crippen LogP contribution < -0.4 is 0 Å². The highest BCUT2D eigenvalue weighted by molar-refractivity contribution is 4.79. The van der Waals surface area contributed by atoms with Crippen LogP contribution in [0, 0.1) is 5.41 Å². The van der Waals surface area contributed by atoms with Gasteiger partial charge in [-0.1, -0.05) is 78.1 Å². The molecular weight excluding hydrogens is 260 g/mol. The molecule has 21 heavy (non-hydrogen) atoms. The highest BCUT2D eigenvalue weighted by atomic mass is 16.5. The molecule has 0 saturated heterocycles. The average molecular weight is 301 g/mol. The third-order valence-electron chi connectivity index (χ3n) is 4.52. The Kier molecular flexibility index (Phi) is 14.8. The lowest BCUT2D eigenvalue weighted by Crippen LogP contribution is -2.32. The standard InChI is InChI=1S/C19H40O2/c1-5-7-9-11-13-15-19(17-20-3,18-21-4)16-14-12-10-8-6-2/h5-18H2,1-4H3. The van der Waals surface area contributed by atoms with Gasteiger partial charge in [0.15, 0.2) is 0 Å². The molecule has 0 aliphatic rings. The number of hydrogen-bond donors (Lipinski definition) is 0. The molecule has 0 aromatic heterocycles. The zero-order valence-corrected chi connectivity index (χ0v) is 15.2. The fraction of sp³-hybridized carbons (Fsp3) is 1.00. The topological polar surface area (TPSA) is 18.5 Å². The molecule has 0 unspecified atom stereocenters. The van der Waals surface area contributed by atoms with Crippen molar-refractivity contribution < 1.29 is 9.47 Å². The summed E-state index contributed by atoms with van der Waals surface area (Å²) in [5.74, 6) is 0. The molecule has 0 amide bonds. The van der Waals surface area contributed by atoms with E-state index in [0.717, 1.165) is 13.2 Å². The molecule has 2 nitrogen and oxygen atoms in total. The molecule has 0 rings (SSSR count). The molecule has 0 atom stereocenters. The van der Waals surface area contributed by atoms with E-state index in [9.17, 15) is 0 Å². The van der Waals surface area contributed by atoms with Gasteiger partial charge < -0.3 is 9.47 Å². The monoisotopic (exact) mass is 300 g/mol. The summed E-state index contributed by atoms with van der Waals surface area (Å²) in [6.07, 6.45) is 16.0. The highest BCUT2D eigenvalue weighted by Crippen LogP contribution is 2.32. The summed E-state index contributed by atoms with van der Waals surface area (Å²) in [5, 5.41) is 0. The number of ether oxygens (including phenoxy) is 2. The van der Waals surface area contributed by atoms with Gasteiger partial charge in [-0.05, 0) is 12.8 Å². The molecule has 0 aliphatic heterocycles. The van der Waals surface area contributed by atoms with E-state index in [2.05, 4.69) is 13.8 Å². The van der Waals surface area contributed by atoms with Crippen LogP contribution in [0.1, 0.15) is 90.9 Å². The molecule has 0 fully saturated rings. The number of unbranched alkanes of at least 4 members (excludes halogenated alkanes) is 8. The zero-order chi connectivity index (χ0) is 15.8. The van der Waals surface area contributed by atoms with Crippen LogP contribution in [-0.4, -0.2) is 27.4 Å². The van der Waals surface area contributed by atoms with E-state index < -0.39 is 0 Å². The van der Waals surface area contributed by atoms with Gasteiger partial charge in [0.2, 0.25) is 0 Å². The summed E-state index contributed by atoms with van der Waals surface area (Å²) in [5.41, 5.74) is 0.252. The number of hydrogen-bond acceptors (Lipinski definition) is 2. The first-order valence-electron chi connectivity index (χ1n) is 9.22. The van der Waals surface area contributed by atoms with Gasteiger partial charge in [0.05, 0.1) is 13.2 Å². The van der Waals surface area contributed by atoms with Crippen molar-refractivity contribution in [3.05, 3.63) is 0 Å². The third-order valence-corrected chi connectivity index (χ3v) is 4.52. The minimum atomic E-state index is 0.252. The molecule has 0 spiro atoms. The Morgan fingerprint density at radius 1 is 0.571 bits per heavy atom. The van der Waals surface area contributed by atoms with Gasteiger partial charge in [-0.3, -0.25) is 0 Å². The van der Waals surface area contributed by atoms with Crippen LogP contribution in [0.3, 0.4) is 0 Å². The Balaban J connectivity index is 4.16. The van der Waals surface area contributed by atoms with Crippen molar-refractivity contribution in [2.45, 2.75) is 90.9 Å². The maximum Gasteiger partial charge on any atom is 0.0540 e. The highest BCUT2D eigenvalue weighted by Gasteiger charge is 2.29. The molecule has 0 saturated carbocycles. The predicted octanol–water partition coefficient (Wildman–Crippen LogP) is 5.99. The maximum atomic E-state index is 5.54. The second-order valence-electron chi connectivity index (χ2n) is 6.69. The molecule has 0 aromatic carbocycles. The molecule has 0 heterocycles. The number of rotatable bonds is 16. The van der Waals surface area contributed by atoms with Crippen molar-refractivity contribution >= 4 is 0 Å². The second kappa shape index (κ2) is 14.8. The van der Waals surface area contributed by atoms with Crippen LogP contribution in [0.4, 0.5) is 0 Å². The Hall–Kier alpha value is -0.0800. The van der Waals surface area contributed by atoms with E-state index in [1.54, 1.807) is 0 Å². The van der Waals surface area contributed by atoms with E-state index in [0.29, 0.717) is 0 Å². The summed E-state index contributed by atoms with van der Waals surface area (Å²) in [6.45, 7) is 6.25. The van der Waals surface area contributed by atoms with Gasteiger partial charge in [-0.2, -0.15) is 0 Å². The second-order valence-corrected chi connectivity index (χ2v) is 6.69. The summed E-state index contributed by atoms with van der Waals surface area (Å²) in [6, 6.07) is 0. The SMILES string of the molecule is CCCCCCCC(CCCCCCC)(COC)COC. The summed E-state index contributed by atoms with van der Waals surface area (Å²) >= 11 is 0. The molecule has 0 N–H and O–H groups in total. The largest absolute Gasteiger partial charge is 0.384 e. The van der Waals surface area contributed by atoms with Crippen molar-refractivity contribution in [3.63, 3.8) is 0 Å². The normalized spacial score (nSPS) is 12.0. The molecule has 0 aliphatic carbocycles. The lowest BCUT2D eigenvalue weighted by atomic mass is 9.79. The summed E-state index contributed by atoms with van der Waals surface area (Å²) in [4.78, 5) is 0. The average Bonchev–Trinajstić information content (AvgIpc) is 2.47. The fourth-order valence-electron chi connectivity index (χ4n) is 3.27. The van der Waals surface area contributed by atoms with E-state index in [1.807, 2.05) is 14.2 Å². The van der Waals surface area contributed by atoms with Gasteiger partial charge in [0.25, 0.3) is 0 Å². The Bertz CT molecular complexity index is 182. The van der Waals surface area contributed by atoms with E-state index in [-0.39, 0.29) is 5.41 Å². The Morgan fingerprint density at radius 3 is 1.29 bits per heavy atom. The lowest BCUT2D eigenvalue weighted by Gasteiger charge is -2.33. The van der Waals surface area contributed by atoms with Crippen LogP contribution in [0.25, 0.3) is 0 Å². The first-order valence-corrected chi connectivity index (χ1v) is 9.22. The quantitative estimate of drug-likeness (QED) is 0.326. The van der Waals surface area contributed by atoms with Crippen LogP contribution >= 0.6 is 0 Å². The Labute approximate surface area is 134 Å². The first kappa shape index (κ1) is 20.9. The predicted molar refractivity (Wildman–Crippen MR) is 92.9 cm³/mol. The van der Waals surface area contributed by atoms with Crippen LogP contribution in [0.15, 0.2) is 0 Å². The molecule has 0 aromatic rings. The van der Waals surface area contributed by atoms with Gasteiger partial charge in [0.1, 0.15) is 0 Å². The van der Waals surface area contributed by atoms with Crippen molar-refractivity contribution in [2.75, 3.05) is 27.4 Å². The smallest absolute Gasteiger partial charge is 0.0540 e. The molecule has 2 heteroatoms. The first-order chi connectivity index (χ1) is 10.2. The van der Waals surface area contributed by atoms with Crippen molar-refractivity contribution in [1.82, 2.24) is 0 Å². The lowest BCUT2D eigenvalue weighted by molar-refractivity contribution is -0.00451. The van der Waals surface area contributed by atoms with Crippen molar-refractivity contribution in [2.24, 2.45) is 5.41 Å². The van der Waals surface area contributed by atoms with Crippen LogP contribution in [-0.2, 0) is 9.47 Å². The minimum absolute atomic E-state index is 0.252. The minimum Gasteiger partial charge on any atom is -0.384 e. The van der Waals surface area contributed by atoms with E-state index in [1.165, 1.54) is 77.0 Å². The van der Waals surface area contributed by atoms with Gasteiger partial charge in [-0.25, -0.2) is 0 Å². The molecule has 0 radical (unpaired) electrons. The van der Waals surface area contributed by atoms with Crippen LogP contribution in [0.5, 0.6) is 0 Å². The molecular formula is C19H40O2.